The molecule has 1 aromatic rings. The highest BCUT2D eigenvalue weighted by Gasteiger charge is 2.15. The van der Waals surface area contributed by atoms with Crippen molar-refractivity contribution in [2.24, 2.45) is 0 Å². The summed E-state index contributed by atoms with van der Waals surface area (Å²) in [6.45, 7) is 2.25. The zero-order chi connectivity index (χ0) is 17.4. The van der Waals surface area contributed by atoms with E-state index in [9.17, 15) is 14.0 Å². The largest absolute Gasteiger partial charge is 0.338 e. The second kappa shape index (κ2) is 9.25. The lowest BCUT2D eigenvalue weighted by Crippen LogP contribution is -2.43. The zero-order valence-corrected chi connectivity index (χ0v) is 14.2. The van der Waals surface area contributed by atoms with Crippen LogP contribution in [0.2, 0.25) is 0 Å². The van der Waals surface area contributed by atoms with E-state index < -0.39 is 0 Å². The topological polar surface area (TPSA) is 70.2 Å². The average molecular weight is 335 g/mol. The Balaban J connectivity index is 1.62. The van der Waals surface area contributed by atoms with Gasteiger partial charge in [0.15, 0.2) is 0 Å². The first-order valence-electron chi connectivity index (χ1n) is 8.65. The van der Waals surface area contributed by atoms with Gasteiger partial charge >= 0.3 is 6.03 Å². The van der Waals surface area contributed by atoms with Gasteiger partial charge < -0.3 is 16.0 Å². The van der Waals surface area contributed by atoms with Crippen LogP contribution in [0.3, 0.4) is 0 Å². The maximum absolute atomic E-state index is 13.2. The molecule has 0 atom stereocenters. The Morgan fingerprint density at radius 2 is 1.96 bits per heavy atom. The number of carbonyl (C=O) groups is 2. The molecule has 0 aromatic heterocycles. The van der Waals surface area contributed by atoms with Crippen molar-refractivity contribution in [3.05, 3.63) is 29.6 Å². The third-order valence-corrected chi connectivity index (χ3v) is 4.28. The van der Waals surface area contributed by atoms with Crippen LogP contribution < -0.4 is 16.0 Å². The smallest absolute Gasteiger partial charge is 0.315 e. The van der Waals surface area contributed by atoms with Gasteiger partial charge in [0, 0.05) is 24.7 Å². The molecule has 0 saturated heterocycles. The molecule has 1 aliphatic carbocycles. The molecule has 2 rings (SSSR count). The lowest BCUT2D eigenvalue weighted by molar-refractivity contribution is -0.116. The van der Waals surface area contributed by atoms with E-state index in [1.807, 2.05) is 6.92 Å². The summed E-state index contributed by atoms with van der Waals surface area (Å²) in [6.07, 6.45) is 6.50. The van der Waals surface area contributed by atoms with Gasteiger partial charge in [0.2, 0.25) is 5.91 Å². The molecule has 0 bridgehead atoms. The molecule has 6 heteroatoms. The lowest BCUT2D eigenvalue weighted by Gasteiger charge is -2.22. The summed E-state index contributed by atoms with van der Waals surface area (Å²) in [5.74, 6) is -0.560. The van der Waals surface area contributed by atoms with Crippen molar-refractivity contribution >= 4 is 17.6 Å². The van der Waals surface area contributed by atoms with Crippen LogP contribution in [0.15, 0.2) is 18.2 Å². The molecule has 0 heterocycles. The number of anilines is 1. The molecule has 132 valence electrons. The summed E-state index contributed by atoms with van der Waals surface area (Å²) in [5, 5.41) is 8.45. The standard InChI is InChI=1S/C18H26FN3O2/c1-13-9-10-14(19)12-16(13)22-17(23)8-5-11-20-18(24)21-15-6-3-2-4-7-15/h9-10,12,15H,2-8,11H2,1H3,(H,22,23)(H2,20,21,24). The quantitative estimate of drug-likeness (QED) is 0.697. The van der Waals surface area contributed by atoms with Crippen molar-refractivity contribution in [2.45, 2.75) is 57.9 Å². The highest BCUT2D eigenvalue weighted by molar-refractivity contribution is 5.91. The number of urea groups is 1. The van der Waals surface area contributed by atoms with Crippen molar-refractivity contribution in [3.8, 4) is 0 Å². The first-order valence-corrected chi connectivity index (χ1v) is 8.65. The molecule has 24 heavy (non-hydrogen) atoms. The lowest BCUT2D eigenvalue weighted by atomic mass is 9.96. The third-order valence-electron chi connectivity index (χ3n) is 4.28. The molecule has 1 fully saturated rings. The third kappa shape index (κ3) is 6.18. The van der Waals surface area contributed by atoms with Crippen LogP contribution in [0, 0.1) is 12.7 Å². The van der Waals surface area contributed by atoms with E-state index in [1.54, 1.807) is 6.07 Å². The van der Waals surface area contributed by atoms with E-state index in [4.69, 9.17) is 0 Å². The van der Waals surface area contributed by atoms with E-state index in [-0.39, 0.29) is 30.2 Å². The predicted molar refractivity (Wildman–Crippen MR) is 92.4 cm³/mol. The van der Waals surface area contributed by atoms with Crippen molar-refractivity contribution in [1.29, 1.82) is 0 Å². The number of benzene rings is 1. The Morgan fingerprint density at radius 1 is 1.21 bits per heavy atom. The number of amides is 3. The molecule has 1 saturated carbocycles. The van der Waals surface area contributed by atoms with Gasteiger partial charge in [0.25, 0.3) is 0 Å². The second-order valence-corrected chi connectivity index (χ2v) is 6.35. The summed E-state index contributed by atoms with van der Waals surface area (Å²) in [7, 11) is 0. The van der Waals surface area contributed by atoms with E-state index >= 15 is 0 Å². The molecule has 0 radical (unpaired) electrons. The fourth-order valence-electron chi connectivity index (χ4n) is 2.88. The molecule has 0 aliphatic heterocycles. The summed E-state index contributed by atoms with van der Waals surface area (Å²) in [6, 6.07) is 4.41. The SMILES string of the molecule is Cc1ccc(F)cc1NC(=O)CCCNC(=O)NC1CCCCC1. The molecular weight excluding hydrogens is 309 g/mol. The number of hydrogen-bond acceptors (Lipinski definition) is 2. The van der Waals surface area contributed by atoms with Crippen LogP contribution >= 0.6 is 0 Å². The second-order valence-electron chi connectivity index (χ2n) is 6.35. The fourth-order valence-corrected chi connectivity index (χ4v) is 2.88. The van der Waals surface area contributed by atoms with Crippen LogP contribution in [0.5, 0.6) is 0 Å². The van der Waals surface area contributed by atoms with Gasteiger partial charge in [0.05, 0.1) is 0 Å². The van der Waals surface area contributed by atoms with Crippen LogP contribution in [0.4, 0.5) is 14.9 Å². The number of carbonyl (C=O) groups excluding carboxylic acids is 2. The van der Waals surface area contributed by atoms with Gasteiger partial charge in [-0.05, 0) is 43.9 Å². The molecule has 0 spiro atoms. The van der Waals surface area contributed by atoms with E-state index in [0.29, 0.717) is 18.7 Å². The monoisotopic (exact) mass is 335 g/mol. The zero-order valence-electron chi connectivity index (χ0n) is 14.2. The highest BCUT2D eigenvalue weighted by atomic mass is 19.1. The minimum Gasteiger partial charge on any atom is -0.338 e. The predicted octanol–water partition coefficient (Wildman–Crippen LogP) is 3.48. The van der Waals surface area contributed by atoms with E-state index in [0.717, 1.165) is 18.4 Å². The Labute approximate surface area is 142 Å². The van der Waals surface area contributed by atoms with Crippen molar-refractivity contribution < 1.29 is 14.0 Å². The molecule has 5 nitrogen and oxygen atoms in total. The normalized spacial score (nSPS) is 14.9. The summed E-state index contributed by atoms with van der Waals surface area (Å²) >= 11 is 0. The molecule has 1 aliphatic rings. The maximum Gasteiger partial charge on any atom is 0.315 e. The number of aryl methyl sites for hydroxylation is 1. The fraction of sp³-hybridized carbons (Fsp3) is 0.556. The van der Waals surface area contributed by atoms with Crippen LogP contribution in [0.25, 0.3) is 0 Å². The van der Waals surface area contributed by atoms with Crippen molar-refractivity contribution in [1.82, 2.24) is 10.6 Å². The molecular formula is C18H26FN3O2. The van der Waals surface area contributed by atoms with Crippen molar-refractivity contribution in [2.75, 3.05) is 11.9 Å². The first kappa shape index (κ1) is 18.2. The van der Waals surface area contributed by atoms with Gasteiger partial charge in [-0.25, -0.2) is 9.18 Å². The van der Waals surface area contributed by atoms with Gasteiger partial charge in [-0.15, -0.1) is 0 Å². The maximum atomic E-state index is 13.2. The van der Waals surface area contributed by atoms with Crippen LogP contribution in [-0.4, -0.2) is 24.5 Å². The Kier molecular flexibility index (Phi) is 7.03. The molecule has 0 unspecified atom stereocenters. The Morgan fingerprint density at radius 3 is 2.71 bits per heavy atom. The summed E-state index contributed by atoms with van der Waals surface area (Å²) in [4.78, 5) is 23.6. The number of rotatable bonds is 6. The molecule has 3 N–H and O–H groups in total. The summed E-state index contributed by atoms with van der Waals surface area (Å²) in [5.41, 5.74) is 1.30. The Bertz CT molecular complexity index is 571. The van der Waals surface area contributed by atoms with E-state index in [1.165, 1.54) is 31.4 Å². The van der Waals surface area contributed by atoms with Crippen LogP contribution in [-0.2, 0) is 4.79 Å². The average Bonchev–Trinajstić information content (AvgIpc) is 2.56. The Hall–Kier alpha value is -2.11. The van der Waals surface area contributed by atoms with Crippen LogP contribution in [0.1, 0.15) is 50.5 Å². The number of nitrogens with one attached hydrogen (secondary N) is 3. The summed E-state index contributed by atoms with van der Waals surface area (Å²) < 4.78 is 13.2. The van der Waals surface area contributed by atoms with Gasteiger partial charge in [0.1, 0.15) is 5.82 Å². The van der Waals surface area contributed by atoms with E-state index in [2.05, 4.69) is 16.0 Å². The minimum absolute atomic E-state index is 0.164. The van der Waals surface area contributed by atoms with Gasteiger partial charge in [-0.3, -0.25) is 4.79 Å². The number of halogens is 1. The minimum atomic E-state index is -0.378. The molecule has 1 aromatic carbocycles. The van der Waals surface area contributed by atoms with Crippen molar-refractivity contribution in [3.63, 3.8) is 0 Å². The number of hydrogen-bond donors (Lipinski definition) is 3. The first-order chi connectivity index (χ1) is 11.5. The van der Waals surface area contributed by atoms with Gasteiger partial charge in [-0.2, -0.15) is 0 Å². The van der Waals surface area contributed by atoms with Gasteiger partial charge in [-0.1, -0.05) is 25.3 Å². The molecule has 3 amide bonds. The highest BCUT2D eigenvalue weighted by Crippen LogP contribution is 2.17.